The number of cyclic esters (lactones) is 1. The number of fused-ring (bicyclic) bond motifs is 1. The van der Waals surface area contributed by atoms with Crippen molar-refractivity contribution in [2.75, 3.05) is 7.11 Å². The van der Waals surface area contributed by atoms with Crippen molar-refractivity contribution in [3.8, 4) is 0 Å². The number of amides is 1. The molecule has 8 heteroatoms. The number of nitrogens with one attached hydrogen (secondary N) is 1. The van der Waals surface area contributed by atoms with Crippen LogP contribution in [0, 0.1) is 5.41 Å². The SMILES string of the molecule is CO[C@H]1C(O)=C2C(=O)O[C@](C)(O)\C=C/C=C\C=C/C=C\[C@@H](c3ccccc3)NC(=O)\C=C/C=C\C=C\C=C\[C@@]2(C)[C@H]1O. The van der Waals surface area contributed by atoms with Gasteiger partial charge in [0.25, 0.3) is 0 Å². The van der Waals surface area contributed by atoms with Crippen LogP contribution in [0.5, 0.6) is 0 Å². The molecule has 220 valence electrons. The molecule has 0 spiro atoms. The maximum Gasteiger partial charge on any atom is 0.341 e. The number of methoxy groups -OCH3 is 1. The fraction of sp³-hybridized carbons (Fsp3) is 0.235. The van der Waals surface area contributed by atoms with Crippen LogP contribution in [-0.4, -0.2) is 52.3 Å². The van der Waals surface area contributed by atoms with E-state index < -0.39 is 35.1 Å². The van der Waals surface area contributed by atoms with Crippen LogP contribution < -0.4 is 5.32 Å². The normalized spacial score (nSPS) is 35.4. The summed E-state index contributed by atoms with van der Waals surface area (Å²) in [4.78, 5) is 25.7. The fourth-order valence-electron chi connectivity index (χ4n) is 4.48. The molecule has 1 aromatic rings. The standard InChI is InChI=1S/C34H37NO7/c1-33-23-17-10-6-5-9-16-22-27(36)35-26(25-19-13-12-14-20-25)21-15-8-4-7-11-18-24-34(2,40)42-32(39)28(33)29(37)30(41-3)31(33)38/h4-24,26,30-31,37-38,40H,1-3H3,(H,35,36)/b8-4-,9-5-,10-6+,11-7-,21-15-,22-16-,23-17+,24-18-/t26-,30-,31-,33+,34-/m0/s1. The van der Waals surface area contributed by atoms with Crippen molar-refractivity contribution in [2.24, 2.45) is 5.41 Å². The van der Waals surface area contributed by atoms with E-state index in [2.05, 4.69) is 5.32 Å². The number of aliphatic hydroxyl groups excluding tert-OH is 2. The van der Waals surface area contributed by atoms with Crippen molar-refractivity contribution < 1.29 is 34.4 Å². The summed E-state index contributed by atoms with van der Waals surface area (Å²) in [6.07, 6.45) is 23.8. The zero-order chi connectivity index (χ0) is 30.6. The summed E-state index contributed by atoms with van der Waals surface area (Å²) in [7, 11) is 1.30. The zero-order valence-corrected chi connectivity index (χ0v) is 23.8. The summed E-state index contributed by atoms with van der Waals surface area (Å²) in [5.41, 5.74) is -0.678. The molecule has 5 atom stereocenters. The van der Waals surface area contributed by atoms with Crippen LogP contribution in [0.25, 0.3) is 0 Å². The summed E-state index contributed by atoms with van der Waals surface area (Å²) >= 11 is 0. The predicted molar refractivity (Wildman–Crippen MR) is 162 cm³/mol. The van der Waals surface area contributed by atoms with E-state index in [4.69, 9.17) is 9.47 Å². The van der Waals surface area contributed by atoms with E-state index in [1.54, 1.807) is 73.8 Å². The van der Waals surface area contributed by atoms with Gasteiger partial charge in [-0.05, 0) is 18.6 Å². The molecule has 0 unspecified atom stereocenters. The molecule has 2 aliphatic rings. The fourth-order valence-corrected chi connectivity index (χ4v) is 4.48. The summed E-state index contributed by atoms with van der Waals surface area (Å²) < 4.78 is 10.5. The van der Waals surface area contributed by atoms with Crippen LogP contribution in [0.4, 0.5) is 0 Å². The molecule has 0 aromatic heterocycles. The Morgan fingerprint density at radius 3 is 2.05 bits per heavy atom. The molecule has 0 saturated heterocycles. The van der Waals surface area contributed by atoms with Crippen LogP contribution in [0.15, 0.2) is 139 Å². The predicted octanol–water partition coefficient (Wildman–Crippen LogP) is 4.77. The Labute approximate surface area is 246 Å². The van der Waals surface area contributed by atoms with Crippen molar-refractivity contribution in [3.05, 3.63) is 144 Å². The van der Waals surface area contributed by atoms with Crippen LogP contribution in [0.2, 0.25) is 0 Å². The first kappa shape index (κ1) is 32.0. The number of hydrogen-bond donors (Lipinski definition) is 4. The number of allylic oxidation sites excluding steroid dienone is 12. The second kappa shape index (κ2) is 14.9. The third-order valence-corrected chi connectivity index (χ3v) is 6.69. The highest BCUT2D eigenvalue weighted by molar-refractivity contribution is 5.93. The lowest BCUT2D eigenvalue weighted by atomic mass is 9.80. The Hall–Kier alpha value is -4.50. The Kier molecular flexibility index (Phi) is 11.4. The van der Waals surface area contributed by atoms with Crippen molar-refractivity contribution in [3.63, 3.8) is 0 Å². The number of esters is 1. The van der Waals surface area contributed by atoms with Crippen molar-refractivity contribution in [2.45, 2.75) is 37.9 Å². The van der Waals surface area contributed by atoms with Gasteiger partial charge in [-0.15, -0.1) is 0 Å². The van der Waals surface area contributed by atoms with Gasteiger partial charge >= 0.3 is 5.97 Å². The maximum absolute atomic E-state index is 13.2. The van der Waals surface area contributed by atoms with E-state index >= 15 is 0 Å². The minimum atomic E-state index is -2.01. The summed E-state index contributed by atoms with van der Waals surface area (Å²) in [6, 6.07) is 9.23. The van der Waals surface area contributed by atoms with Crippen molar-refractivity contribution in [1.29, 1.82) is 0 Å². The highest BCUT2D eigenvalue weighted by Gasteiger charge is 2.53. The number of aliphatic hydroxyl groups is 3. The molecule has 42 heavy (non-hydrogen) atoms. The van der Waals surface area contributed by atoms with Gasteiger partial charge in [0.1, 0.15) is 18.0 Å². The lowest BCUT2D eigenvalue weighted by molar-refractivity contribution is -0.181. The lowest BCUT2D eigenvalue weighted by Crippen LogP contribution is -2.39. The molecule has 3 rings (SSSR count). The number of benzene rings is 1. The molecule has 1 aliphatic heterocycles. The Bertz CT molecular complexity index is 1380. The van der Waals surface area contributed by atoms with Gasteiger partial charge in [0.15, 0.2) is 0 Å². The smallest absolute Gasteiger partial charge is 0.341 e. The molecule has 1 amide bonds. The summed E-state index contributed by atoms with van der Waals surface area (Å²) in [6.45, 7) is 2.84. The number of hydrogen-bond acceptors (Lipinski definition) is 7. The Balaban J connectivity index is 1.92. The van der Waals surface area contributed by atoms with Gasteiger partial charge < -0.3 is 30.1 Å². The van der Waals surface area contributed by atoms with Gasteiger partial charge in [-0.1, -0.05) is 115 Å². The second-order valence-corrected chi connectivity index (χ2v) is 9.99. The highest BCUT2D eigenvalue weighted by atomic mass is 16.7. The van der Waals surface area contributed by atoms with E-state index in [0.29, 0.717) is 0 Å². The monoisotopic (exact) mass is 571 g/mol. The number of ether oxygens (including phenoxy) is 2. The molecule has 1 aromatic carbocycles. The largest absolute Gasteiger partial charge is 0.509 e. The van der Waals surface area contributed by atoms with E-state index in [-0.39, 0.29) is 17.5 Å². The number of carbonyl (C=O) groups is 2. The van der Waals surface area contributed by atoms with Crippen LogP contribution in [0.3, 0.4) is 0 Å². The van der Waals surface area contributed by atoms with E-state index in [0.717, 1.165) is 5.56 Å². The Morgan fingerprint density at radius 1 is 0.833 bits per heavy atom. The molecule has 0 saturated carbocycles. The molecule has 4 N–H and O–H groups in total. The first-order valence-electron chi connectivity index (χ1n) is 13.4. The van der Waals surface area contributed by atoms with Crippen LogP contribution in [0.1, 0.15) is 25.5 Å². The third-order valence-electron chi connectivity index (χ3n) is 6.69. The topological polar surface area (TPSA) is 125 Å². The van der Waals surface area contributed by atoms with Crippen LogP contribution in [-0.2, 0) is 19.1 Å². The Morgan fingerprint density at radius 2 is 1.40 bits per heavy atom. The minimum absolute atomic E-state index is 0.224. The van der Waals surface area contributed by atoms with Crippen molar-refractivity contribution >= 4 is 11.9 Å². The van der Waals surface area contributed by atoms with E-state index in [9.17, 15) is 24.9 Å². The van der Waals surface area contributed by atoms with Crippen molar-refractivity contribution in [1.82, 2.24) is 5.32 Å². The van der Waals surface area contributed by atoms with Gasteiger partial charge in [-0.25, -0.2) is 4.79 Å². The van der Waals surface area contributed by atoms with Gasteiger partial charge in [-0.3, -0.25) is 4.79 Å². The summed E-state index contributed by atoms with van der Waals surface area (Å²) in [5, 5.41) is 35.3. The molecule has 0 fully saturated rings. The molecule has 0 radical (unpaired) electrons. The molecular weight excluding hydrogens is 534 g/mol. The third kappa shape index (κ3) is 8.50. The van der Waals surface area contributed by atoms with Gasteiger partial charge in [-0.2, -0.15) is 0 Å². The van der Waals surface area contributed by atoms with Gasteiger partial charge in [0, 0.05) is 20.1 Å². The van der Waals surface area contributed by atoms with E-state index in [1.165, 1.54) is 32.3 Å². The quantitative estimate of drug-likeness (QED) is 0.377. The molecular formula is C34H37NO7. The minimum Gasteiger partial charge on any atom is -0.509 e. The van der Waals surface area contributed by atoms with Crippen LogP contribution >= 0.6 is 0 Å². The molecule has 8 nitrogen and oxygen atoms in total. The number of carbonyl (C=O) groups excluding carboxylic acids is 2. The first-order chi connectivity index (χ1) is 20.1. The maximum atomic E-state index is 13.2. The lowest BCUT2D eigenvalue weighted by Gasteiger charge is -2.29. The van der Waals surface area contributed by atoms with Gasteiger partial charge in [0.05, 0.1) is 17.0 Å². The number of rotatable bonds is 2. The molecule has 0 bridgehead atoms. The zero-order valence-electron chi connectivity index (χ0n) is 23.8. The average molecular weight is 572 g/mol. The molecule has 1 heterocycles. The average Bonchev–Trinajstić information content (AvgIpc) is 3.14. The highest BCUT2D eigenvalue weighted by Crippen LogP contribution is 2.45. The first-order valence-corrected chi connectivity index (χ1v) is 13.4. The van der Waals surface area contributed by atoms with Gasteiger partial charge in [0.2, 0.25) is 11.7 Å². The second-order valence-electron chi connectivity index (χ2n) is 9.99. The summed E-state index contributed by atoms with van der Waals surface area (Å²) in [5.74, 6) is -3.74. The molecule has 1 aliphatic carbocycles. The van der Waals surface area contributed by atoms with E-state index in [1.807, 2.05) is 42.5 Å².